The average molecular weight is 382 g/mol. The molecule has 156 valence electrons. The molecule has 0 saturated carbocycles. The molecule has 0 aliphatic heterocycles. The summed E-state index contributed by atoms with van der Waals surface area (Å²) in [5.74, 6) is 0. The van der Waals surface area contributed by atoms with E-state index in [0.29, 0.717) is 52.8 Å². The third-order valence-electron chi connectivity index (χ3n) is 3.00. The van der Waals surface area contributed by atoms with Crippen LogP contribution in [-0.4, -0.2) is 83.3 Å². The van der Waals surface area contributed by atoms with Gasteiger partial charge in [-0.05, 0) is 27.7 Å². The first-order chi connectivity index (χ1) is 12.3. The number of hydrogen-bond acceptors (Lipinski definition) is 7. The van der Waals surface area contributed by atoms with Crippen LogP contribution in [0.25, 0.3) is 0 Å². The summed E-state index contributed by atoms with van der Waals surface area (Å²) in [5, 5.41) is 2.60. The Hall–Kier alpha value is -1.00. The minimum atomic E-state index is -1.15. The lowest BCUT2D eigenvalue weighted by Gasteiger charge is -2.19. The van der Waals surface area contributed by atoms with E-state index >= 15 is 0 Å². The maximum absolute atomic E-state index is 13.1. The predicted octanol–water partition coefficient (Wildman–Crippen LogP) is 1.26. The predicted molar refractivity (Wildman–Crippen MR) is 96.1 cm³/mol. The fourth-order valence-corrected chi connectivity index (χ4v) is 1.67. The Morgan fingerprint density at radius 1 is 1.00 bits per heavy atom. The van der Waals surface area contributed by atoms with Gasteiger partial charge in [-0.25, -0.2) is 9.18 Å². The SMILES string of the molecule is CC(OCCOCCOCCOCCNC(=O)OC(C)(C)C)C(F)CN. The monoisotopic (exact) mass is 382 g/mol. The summed E-state index contributed by atoms with van der Waals surface area (Å²) < 4.78 is 39.4. The Balaban J connectivity index is 3.26. The van der Waals surface area contributed by atoms with Crippen molar-refractivity contribution in [3.8, 4) is 0 Å². The van der Waals surface area contributed by atoms with Gasteiger partial charge in [-0.15, -0.1) is 0 Å². The molecule has 1 amide bonds. The average Bonchev–Trinajstić information content (AvgIpc) is 2.56. The molecule has 9 heteroatoms. The molecule has 2 atom stereocenters. The van der Waals surface area contributed by atoms with E-state index in [1.807, 2.05) is 0 Å². The first kappa shape index (κ1) is 25.0. The van der Waals surface area contributed by atoms with Gasteiger partial charge < -0.3 is 34.7 Å². The highest BCUT2D eigenvalue weighted by Gasteiger charge is 2.15. The van der Waals surface area contributed by atoms with Crippen LogP contribution in [0.4, 0.5) is 9.18 Å². The fourth-order valence-electron chi connectivity index (χ4n) is 1.67. The number of nitrogens with one attached hydrogen (secondary N) is 1. The smallest absolute Gasteiger partial charge is 0.407 e. The van der Waals surface area contributed by atoms with Crippen molar-refractivity contribution in [1.82, 2.24) is 5.32 Å². The zero-order chi connectivity index (χ0) is 19.8. The minimum Gasteiger partial charge on any atom is -0.444 e. The van der Waals surface area contributed by atoms with Crippen LogP contribution in [0.1, 0.15) is 27.7 Å². The molecule has 8 nitrogen and oxygen atoms in total. The van der Waals surface area contributed by atoms with Gasteiger partial charge in [0.1, 0.15) is 11.8 Å². The lowest BCUT2D eigenvalue weighted by molar-refractivity contribution is -0.0325. The molecular formula is C17H35FN2O6. The van der Waals surface area contributed by atoms with E-state index in [2.05, 4.69) is 5.32 Å². The number of alkyl halides is 1. The summed E-state index contributed by atoms with van der Waals surface area (Å²) in [6, 6.07) is 0. The Morgan fingerprint density at radius 2 is 1.50 bits per heavy atom. The highest BCUT2D eigenvalue weighted by atomic mass is 19.1. The van der Waals surface area contributed by atoms with Gasteiger partial charge in [0, 0.05) is 13.1 Å². The van der Waals surface area contributed by atoms with Crippen molar-refractivity contribution in [2.45, 2.75) is 45.6 Å². The molecule has 26 heavy (non-hydrogen) atoms. The Labute approximate surface area is 155 Å². The van der Waals surface area contributed by atoms with E-state index in [9.17, 15) is 9.18 Å². The number of ether oxygens (including phenoxy) is 5. The van der Waals surface area contributed by atoms with E-state index in [1.165, 1.54) is 0 Å². The Morgan fingerprint density at radius 3 is 2.00 bits per heavy atom. The summed E-state index contributed by atoms with van der Waals surface area (Å²) in [7, 11) is 0. The van der Waals surface area contributed by atoms with Crippen LogP contribution in [0.15, 0.2) is 0 Å². The minimum absolute atomic E-state index is 0.0466. The first-order valence-electron chi connectivity index (χ1n) is 8.92. The van der Waals surface area contributed by atoms with Crippen molar-refractivity contribution >= 4 is 6.09 Å². The molecular weight excluding hydrogens is 347 g/mol. The number of hydrogen-bond donors (Lipinski definition) is 2. The molecule has 0 fully saturated rings. The van der Waals surface area contributed by atoms with Gasteiger partial charge in [0.15, 0.2) is 0 Å². The van der Waals surface area contributed by atoms with E-state index in [0.717, 1.165) is 0 Å². The second-order valence-corrected chi connectivity index (χ2v) is 6.59. The van der Waals surface area contributed by atoms with Crippen molar-refractivity contribution in [3.63, 3.8) is 0 Å². The first-order valence-corrected chi connectivity index (χ1v) is 8.92. The van der Waals surface area contributed by atoms with Crippen LogP contribution < -0.4 is 11.1 Å². The summed E-state index contributed by atoms with van der Waals surface area (Å²) in [6.45, 7) is 10.2. The number of amides is 1. The number of rotatable bonds is 15. The molecule has 0 aromatic heterocycles. The van der Waals surface area contributed by atoms with Gasteiger partial charge >= 0.3 is 6.09 Å². The van der Waals surface area contributed by atoms with Crippen molar-refractivity contribution in [2.24, 2.45) is 5.73 Å². The van der Waals surface area contributed by atoms with Crippen molar-refractivity contribution in [3.05, 3.63) is 0 Å². The van der Waals surface area contributed by atoms with Crippen molar-refractivity contribution in [1.29, 1.82) is 0 Å². The summed E-state index contributed by atoms with van der Waals surface area (Å²) in [4.78, 5) is 11.4. The largest absolute Gasteiger partial charge is 0.444 e. The third-order valence-corrected chi connectivity index (χ3v) is 3.00. The normalized spacial score (nSPS) is 14.1. The maximum Gasteiger partial charge on any atom is 0.407 e. The Bertz CT molecular complexity index is 355. The summed E-state index contributed by atoms with van der Waals surface area (Å²) in [6.07, 6.45) is -2.14. The topological polar surface area (TPSA) is 101 Å². The van der Waals surface area contributed by atoms with E-state index in [1.54, 1.807) is 27.7 Å². The van der Waals surface area contributed by atoms with Gasteiger partial charge in [0.05, 0.1) is 52.4 Å². The highest BCUT2D eigenvalue weighted by molar-refractivity contribution is 5.67. The van der Waals surface area contributed by atoms with Gasteiger partial charge in [-0.1, -0.05) is 0 Å². The molecule has 0 rings (SSSR count). The van der Waals surface area contributed by atoms with Crippen LogP contribution in [-0.2, 0) is 23.7 Å². The summed E-state index contributed by atoms with van der Waals surface area (Å²) >= 11 is 0. The third kappa shape index (κ3) is 16.5. The number of alkyl carbamates (subject to hydrolysis) is 1. The van der Waals surface area contributed by atoms with Crippen LogP contribution in [0.3, 0.4) is 0 Å². The highest BCUT2D eigenvalue weighted by Crippen LogP contribution is 2.06. The molecule has 0 aliphatic rings. The van der Waals surface area contributed by atoms with Crippen molar-refractivity contribution in [2.75, 3.05) is 59.3 Å². The molecule has 3 N–H and O–H groups in total. The lowest BCUT2D eigenvalue weighted by atomic mass is 10.2. The van der Waals surface area contributed by atoms with Crippen LogP contribution >= 0.6 is 0 Å². The van der Waals surface area contributed by atoms with Gasteiger partial charge in [-0.3, -0.25) is 0 Å². The second kappa shape index (κ2) is 15.1. The standard InChI is InChI=1S/C17H35FN2O6/c1-14(15(18)13-19)25-12-11-24-10-9-23-8-7-22-6-5-20-16(21)26-17(2,3)4/h14-15H,5-13,19H2,1-4H3,(H,20,21). The quantitative estimate of drug-likeness (QED) is 0.411. The zero-order valence-corrected chi connectivity index (χ0v) is 16.4. The van der Waals surface area contributed by atoms with Gasteiger partial charge in [0.25, 0.3) is 0 Å². The maximum atomic E-state index is 13.1. The molecule has 0 spiro atoms. The number of nitrogens with two attached hydrogens (primary N) is 1. The molecule has 0 aromatic carbocycles. The molecule has 2 unspecified atom stereocenters. The molecule has 0 bridgehead atoms. The molecule has 0 saturated heterocycles. The second-order valence-electron chi connectivity index (χ2n) is 6.59. The Kier molecular flexibility index (Phi) is 14.5. The van der Waals surface area contributed by atoms with E-state index < -0.39 is 24.0 Å². The van der Waals surface area contributed by atoms with Crippen LogP contribution in [0.5, 0.6) is 0 Å². The lowest BCUT2D eigenvalue weighted by Crippen LogP contribution is -2.34. The van der Waals surface area contributed by atoms with Gasteiger partial charge in [0.2, 0.25) is 0 Å². The zero-order valence-electron chi connectivity index (χ0n) is 16.4. The fraction of sp³-hybridized carbons (Fsp3) is 0.941. The molecule has 0 heterocycles. The summed E-state index contributed by atoms with van der Waals surface area (Å²) in [5.41, 5.74) is 4.70. The molecule has 0 radical (unpaired) electrons. The molecule has 0 aromatic rings. The van der Waals surface area contributed by atoms with Crippen LogP contribution in [0.2, 0.25) is 0 Å². The number of carbonyl (C=O) groups is 1. The van der Waals surface area contributed by atoms with Crippen molar-refractivity contribution < 1.29 is 32.9 Å². The number of halogens is 1. The van der Waals surface area contributed by atoms with E-state index in [-0.39, 0.29) is 6.54 Å². The van der Waals surface area contributed by atoms with Crippen LogP contribution in [0, 0.1) is 0 Å². The van der Waals surface area contributed by atoms with E-state index in [4.69, 9.17) is 29.4 Å². The number of carbonyl (C=O) groups excluding carboxylic acids is 1. The molecule has 0 aliphatic carbocycles. The van der Waals surface area contributed by atoms with Gasteiger partial charge in [-0.2, -0.15) is 0 Å².